The molecule has 0 saturated heterocycles. The SMILES string of the molecule is CCCN(C(=O)C(CCC(N)=O)NC(=O)OC(C)(C)C)C(C(=O)Nc1c(C)cccc1Cl)c1ccccc1C. The first kappa shape index (κ1) is 31.6. The van der Waals surface area contributed by atoms with Crippen molar-refractivity contribution in [3.8, 4) is 0 Å². The molecule has 0 aliphatic carbocycles. The molecule has 0 fully saturated rings. The molecule has 0 aliphatic rings. The van der Waals surface area contributed by atoms with E-state index in [1.165, 1.54) is 4.90 Å². The highest BCUT2D eigenvalue weighted by atomic mass is 35.5. The number of nitrogens with zero attached hydrogens (tertiary/aromatic N) is 1. The third-order valence-corrected chi connectivity index (χ3v) is 6.24. The summed E-state index contributed by atoms with van der Waals surface area (Å²) in [5, 5.41) is 5.86. The van der Waals surface area contributed by atoms with Crippen molar-refractivity contribution in [1.29, 1.82) is 0 Å². The summed E-state index contributed by atoms with van der Waals surface area (Å²) >= 11 is 6.39. The van der Waals surface area contributed by atoms with Gasteiger partial charge in [-0.2, -0.15) is 0 Å². The zero-order valence-electron chi connectivity index (χ0n) is 23.5. The van der Waals surface area contributed by atoms with E-state index in [0.29, 0.717) is 22.7 Å². The number of carbonyl (C=O) groups is 4. The number of benzene rings is 2. The number of amides is 4. The summed E-state index contributed by atoms with van der Waals surface area (Å²) < 4.78 is 5.35. The average Bonchev–Trinajstić information content (AvgIpc) is 2.83. The monoisotopic (exact) mass is 558 g/mol. The second kappa shape index (κ2) is 14.0. The Bertz CT molecular complexity index is 1170. The van der Waals surface area contributed by atoms with E-state index in [2.05, 4.69) is 10.6 Å². The predicted molar refractivity (Wildman–Crippen MR) is 152 cm³/mol. The first-order valence-corrected chi connectivity index (χ1v) is 13.3. The molecule has 4 amide bonds. The molecular weight excluding hydrogens is 520 g/mol. The number of hydrogen-bond acceptors (Lipinski definition) is 5. The number of anilines is 1. The Morgan fingerprint density at radius 1 is 1.03 bits per heavy atom. The van der Waals surface area contributed by atoms with Crippen LogP contribution in [0, 0.1) is 13.8 Å². The van der Waals surface area contributed by atoms with Crippen LogP contribution in [-0.2, 0) is 19.1 Å². The van der Waals surface area contributed by atoms with Gasteiger partial charge >= 0.3 is 6.09 Å². The fraction of sp³-hybridized carbons (Fsp3) is 0.448. The Kier molecular flexibility index (Phi) is 11.3. The zero-order valence-corrected chi connectivity index (χ0v) is 24.2. The lowest BCUT2D eigenvalue weighted by Crippen LogP contribution is -2.53. The largest absolute Gasteiger partial charge is 0.444 e. The molecule has 0 aromatic heterocycles. The normalized spacial score (nSPS) is 12.7. The van der Waals surface area contributed by atoms with Crippen LogP contribution < -0.4 is 16.4 Å². The van der Waals surface area contributed by atoms with Crippen LogP contribution in [0.5, 0.6) is 0 Å². The minimum absolute atomic E-state index is 0.0562. The van der Waals surface area contributed by atoms with Crippen LogP contribution in [0.3, 0.4) is 0 Å². The molecule has 39 heavy (non-hydrogen) atoms. The van der Waals surface area contributed by atoms with Crippen LogP contribution in [0.1, 0.15) is 69.7 Å². The molecule has 2 atom stereocenters. The maximum Gasteiger partial charge on any atom is 0.408 e. The highest BCUT2D eigenvalue weighted by molar-refractivity contribution is 6.34. The number of rotatable bonds is 11. The van der Waals surface area contributed by atoms with E-state index in [9.17, 15) is 19.2 Å². The quantitative estimate of drug-likeness (QED) is 0.356. The van der Waals surface area contributed by atoms with Crippen molar-refractivity contribution < 1.29 is 23.9 Å². The zero-order chi connectivity index (χ0) is 29.3. The number of nitrogens with one attached hydrogen (secondary N) is 2. The van der Waals surface area contributed by atoms with Crippen LogP contribution in [0.2, 0.25) is 5.02 Å². The van der Waals surface area contributed by atoms with Gasteiger partial charge < -0.3 is 26.0 Å². The van der Waals surface area contributed by atoms with Crippen molar-refractivity contribution in [3.63, 3.8) is 0 Å². The van der Waals surface area contributed by atoms with E-state index >= 15 is 0 Å². The number of halogens is 1. The molecule has 10 heteroatoms. The van der Waals surface area contributed by atoms with Crippen LogP contribution in [0.15, 0.2) is 42.5 Å². The molecule has 0 saturated carbocycles. The van der Waals surface area contributed by atoms with Crippen molar-refractivity contribution in [2.45, 2.75) is 78.5 Å². The summed E-state index contributed by atoms with van der Waals surface area (Å²) in [7, 11) is 0. The highest BCUT2D eigenvalue weighted by Gasteiger charge is 2.37. The molecule has 2 unspecified atom stereocenters. The predicted octanol–water partition coefficient (Wildman–Crippen LogP) is 5.03. The van der Waals surface area contributed by atoms with Gasteiger partial charge in [-0.15, -0.1) is 0 Å². The maximum absolute atomic E-state index is 14.1. The molecular formula is C29H39ClN4O5. The van der Waals surface area contributed by atoms with Gasteiger partial charge in [0.05, 0.1) is 10.7 Å². The smallest absolute Gasteiger partial charge is 0.408 e. The van der Waals surface area contributed by atoms with E-state index in [1.807, 2.05) is 39.0 Å². The topological polar surface area (TPSA) is 131 Å². The highest BCUT2D eigenvalue weighted by Crippen LogP contribution is 2.31. The van der Waals surface area contributed by atoms with Crippen molar-refractivity contribution in [2.24, 2.45) is 5.73 Å². The number of carbonyl (C=O) groups excluding carboxylic acids is 4. The number of nitrogens with two attached hydrogens (primary N) is 1. The molecule has 2 aromatic rings. The van der Waals surface area contributed by atoms with Crippen LogP contribution in [0.4, 0.5) is 10.5 Å². The first-order valence-electron chi connectivity index (χ1n) is 12.9. The molecule has 2 aromatic carbocycles. The van der Waals surface area contributed by atoms with Gasteiger partial charge in [0, 0.05) is 13.0 Å². The van der Waals surface area contributed by atoms with Crippen molar-refractivity contribution >= 4 is 41.1 Å². The summed E-state index contributed by atoms with van der Waals surface area (Å²) in [5.41, 5.74) is 7.18. The lowest BCUT2D eigenvalue weighted by atomic mass is 9.97. The number of ether oxygens (including phenoxy) is 1. The van der Waals surface area contributed by atoms with Gasteiger partial charge in [0.1, 0.15) is 17.7 Å². The van der Waals surface area contributed by atoms with Crippen molar-refractivity contribution in [1.82, 2.24) is 10.2 Å². The summed E-state index contributed by atoms with van der Waals surface area (Å²) in [6.45, 7) is 10.9. The minimum Gasteiger partial charge on any atom is -0.444 e. The van der Waals surface area contributed by atoms with Crippen LogP contribution in [-0.4, -0.2) is 46.9 Å². The Hall–Kier alpha value is -3.59. The second-order valence-corrected chi connectivity index (χ2v) is 10.8. The number of alkyl carbamates (subject to hydrolysis) is 1. The van der Waals surface area contributed by atoms with Crippen LogP contribution >= 0.6 is 11.6 Å². The van der Waals surface area contributed by atoms with Gasteiger partial charge in [-0.3, -0.25) is 14.4 Å². The average molecular weight is 559 g/mol. The van der Waals surface area contributed by atoms with Gasteiger partial charge in [-0.05, 0) is 70.2 Å². The first-order chi connectivity index (χ1) is 18.2. The van der Waals surface area contributed by atoms with E-state index in [4.69, 9.17) is 22.1 Å². The number of hydrogen-bond donors (Lipinski definition) is 3. The van der Waals surface area contributed by atoms with Gasteiger partial charge in [-0.1, -0.05) is 54.9 Å². The fourth-order valence-corrected chi connectivity index (χ4v) is 4.40. The molecule has 0 bridgehead atoms. The lowest BCUT2D eigenvalue weighted by molar-refractivity contribution is -0.141. The van der Waals surface area contributed by atoms with Gasteiger partial charge in [0.25, 0.3) is 5.91 Å². The van der Waals surface area contributed by atoms with Crippen molar-refractivity contribution in [2.75, 3.05) is 11.9 Å². The fourth-order valence-electron chi connectivity index (χ4n) is 4.13. The standard InChI is InChI=1S/C29H39ClN4O5/c1-7-17-34(27(37)22(15-16-23(31)35)32-28(38)39-29(4,5)6)25(20-13-9-8-11-18(20)2)26(36)33-24-19(3)12-10-14-21(24)30/h8-14,22,25H,7,15-17H2,1-6H3,(H2,31,35)(H,32,38)(H,33,36). The number of aryl methyl sites for hydroxylation is 2. The molecule has 212 valence electrons. The molecule has 0 spiro atoms. The number of para-hydroxylation sites is 1. The van der Waals surface area contributed by atoms with E-state index in [0.717, 1.165) is 11.1 Å². The molecule has 0 heterocycles. The Labute approximate surface area is 235 Å². The van der Waals surface area contributed by atoms with Gasteiger partial charge in [0.15, 0.2) is 0 Å². The third-order valence-electron chi connectivity index (χ3n) is 5.93. The Morgan fingerprint density at radius 3 is 2.23 bits per heavy atom. The maximum atomic E-state index is 14.1. The van der Waals surface area contributed by atoms with E-state index in [-0.39, 0.29) is 19.4 Å². The van der Waals surface area contributed by atoms with Gasteiger partial charge in [-0.25, -0.2) is 4.79 Å². The molecule has 2 rings (SSSR count). The van der Waals surface area contributed by atoms with Gasteiger partial charge in [0.2, 0.25) is 11.8 Å². The molecule has 4 N–H and O–H groups in total. The number of primary amides is 1. The minimum atomic E-state index is -1.15. The van der Waals surface area contributed by atoms with E-state index < -0.39 is 41.5 Å². The van der Waals surface area contributed by atoms with E-state index in [1.54, 1.807) is 45.0 Å². The summed E-state index contributed by atoms with van der Waals surface area (Å²) in [6, 6.07) is 10.4. The summed E-state index contributed by atoms with van der Waals surface area (Å²) in [4.78, 5) is 53.6. The molecule has 0 aliphatic heterocycles. The second-order valence-electron chi connectivity index (χ2n) is 10.4. The Balaban J connectivity index is 2.56. The van der Waals surface area contributed by atoms with Crippen LogP contribution in [0.25, 0.3) is 0 Å². The summed E-state index contributed by atoms with van der Waals surface area (Å²) in [5.74, 6) is -1.63. The third kappa shape index (κ3) is 9.28. The molecule has 9 nitrogen and oxygen atoms in total. The Morgan fingerprint density at radius 2 is 1.67 bits per heavy atom. The molecule has 0 radical (unpaired) electrons. The lowest BCUT2D eigenvalue weighted by Gasteiger charge is -2.35. The summed E-state index contributed by atoms with van der Waals surface area (Å²) in [6.07, 6.45) is -0.488. The van der Waals surface area contributed by atoms with Crippen molar-refractivity contribution in [3.05, 3.63) is 64.2 Å².